The molecule has 1 aromatic carbocycles. The number of hydrogen-bond acceptors (Lipinski definition) is 5. The van der Waals surface area contributed by atoms with E-state index in [1.807, 2.05) is 51.1 Å². The molecule has 6 nitrogen and oxygen atoms in total. The average molecular weight is 389 g/mol. The van der Waals surface area contributed by atoms with Gasteiger partial charge in [-0.2, -0.15) is 0 Å². The number of hydrogen-bond donors (Lipinski definition) is 1. The van der Waals surface area contributed by atoms with Gasteiger partial charge in [-0.05, 0) is 44.5 Å². The summed E-state index contributed by atoms with van der Waals surface area (Å²) in [5, 5.41) is 0.678. The highest BCUT2D eigenvalue weighted by molar-refractivity contribution is 6.30. The van der Waals surface area contributed by atoms with Crippen molar-refractivity contribution in [1.82, 2.24) is 9.88 Å². The largest absolute Gasteiger partial charge is 0.444 e. The van der Waals surface area contributed by atoms with E-state index >= 15 is 0 Å². The second kappa shape index (κ2) is 7.64. The van der Waals surface area contributed by atoms with Crippen molar-refractivity contribution in [3.8, 4) is 11.1 Å². The SMILES string of the molecule is CC(C)(C)OC(=O)N1CCN(c2cc(-c3cccc(Cl)c3)cnc2N)CC1. The van der Waals surface area contributed by atoms with Crippen LogP contribution in [0.4, 0.5) is 16.3 Å². The number of nitrogens with two attached hydrogens (primary N) is 1. The Kier molecular flexibility index (Phi) is 5.46. The molecule has 0 saturated carbocycles. The van der Waals surface area contributed by atoms with Gasteiger partial charge in [0.25, 0.3) is 0 Å². The van der Waals surface area contributed by atoms with E-state index in [0.29, 0.717) is 37.0 Å². The first-order valence-corrected chi connectivity index (χ1v) is 9.35. The standard InChI is InChI=1S/C20H25ClN4O2/c1-20(2,3)27-19(26)25-9-7-24(8-10-25)17-12-15(13-23-18(17)22)14-5-4-6-16(21)11-14/h4-6,11-13H,7-10H2,1-3H3,(H2,22,23). The number of rotatable bonds is 2. The van der Waals surface area contributed by atoms with E-state index in [1.54, 1.807) is 11.1 Å². The lowest BCUT2D eigenvalue weighted by Crippen LogP contribution is -2.50. The highest BCUT2D eigenvalue weighted by Crippen LogP contribution is 2.30. The van der Waals surface area contributed by atoms with E-state index in [0.717, 1.165) is 16.8 Å². The zero-order chi connectivity index (χ0) is 19.6. The molecule has 0 atom stereocenters. The van der Waals surface area contributed by atoms with Gasteiger partial charge in [0, 0.05) is 43.0 Å². The van der Waals surface area contributed by atoms with Crippen LogP contribution in [0.2, 0.25) is 5.02 Å². The van der Waals surface area contributed by atoms with Gasteiger partial charge < -0.3 is 20.3 Å². The molecule has 0 radical (unpaired) electrons. The van der Waals surface area contributed by atoms with Gasteiger partial charge in [-0.3, -0.25) is 0 Å². The minimum atomic E-state index is -0.492. The van der Waals surface area contributed by atoms with Crippen LogP contribution in [0.3, 0.4) is 0 Å². The normalized spacial score (nSPS) is 15.0. The van der Waals surface area contributed by atoms with E-state index in [1.165, 1.54) is 0 Å². The maximum absolute atomic E-state index is 12.2. The number of amides is 1. The van der Waals surface area contributed by atoms with E-state index < -0.39 is 5.60 Å². The van der Waals surface area contributed by atoms with Crippen molar-refractivity contribution < 1.29 is 9.53 Å². The number of benzene rings is 1. The van der Waals surface area contributed by atoms with Gasteiger partial charge in [-0.25, -0.2) is 9.78 Å². The molecule has 1 saturated heterocycles. The molecule has 2 heterocycles. The molecule has 2 N–H and O–H groups in total. The lowest BCUT2D eigenvalue weighted by atomic mass is 10.1. The number of carbonyl (C=O) groups excluding carboxylic acids is 1. The second-order valence-corrected chi connectivity index (χ2v) is 8.03. The zero-order valence-corrected chi connectivity index (χ0v) is 16.7. The Labute approximate surface area is 164 Å². The number of piperazine rings is 1. The summed E-state index contributed by atoms with van der Waals surface area (Å²) in [6, 6.07) is 9.67. The van der Waals surface area contributed by atoms with Crippen molar-refractivity contribution in [2.45, 2.75) is 26.4 Å². The molecule has 3 rings (SSSR count). The fourth-order valence-corrected chi connectivity index (χ4v) is 3.19. The van der Waals surface area contributed by atoms with Crippen molar-refractivity contribution in [2.24, 2.45) is 0 Å². The van der Waals surface area contributed by atoms with Gasteiger partial charge in [-0.1, -0.05) is 23.7 Å². The van der Waals surface area contributed by atoms with Crippen LogP contribution >= 0.6 is 11.6 Å². The summed E-state index contributed by atoms with van der Waals surface area (Å²) >= 11 is 6.10. The van der Waals surface area contributed by atoms with Crippen molar-refractivity contribution >= 4 is 29.2 Å². The van der Waals surface area contributed by atoms with Crippen LogP contribution in [-0.4, -0.2) is 47.8 Å². The molecule has 0 aliphatic carbocycles. The van der Waals surface area contributed by atoms with Crippen LogP contribution in [0.5, 0.6) is 0 Å². The van der Waals surface area contributed by atoms with Crippen LogP contribution in [0.15, 0.2) is 36.5 Å². The van der Waals surface area contributed by atoms with Gasteiger partial charge in [0.1, 0.15) is 11.4 Å². The lowest BCUT2D eigenvalue weighted by Gasteiger charge is -2.37. The molecule has 1 aromatic heterocycles. The summed E-state index contributed by atoms with van der Waals surface area (Å²) in [7, 11) is 0. The molecular weight excluding hydrogens is 364 g/mol. The van der Waals surface area contributed by atoms with Crippen molar-refractivity contribution in [2.75, 3.05) is 36.8 Å². The summed E-state index contributed by atoms with van der Waals surface area (Å²) in [5.41, 5.74) is 8.45. The fraction of sp³-hybridized carbons (Fsp3) is 0.400. The molecule has 0 bridgehead atoms. The summed E-state index contributed by atoms with van der Waals surface area (Å²) < 4.78 is 5.45. The summed E-state index contributed by atoms with van der Waals surface area (Å²) in [6.07, 6.45) is 1.47. The minimum Gasteiger partial charge on any atom is -0.444 e. The first-order valence-electron chi connectivity index (χ1n) is 8.97. The van der Waals surface area contributed by atoms with Gasteiger partial charge in [0.2, 0.25) is 0 Å². The zero-order valence-electron chi connectivity index (χ0n) is 15.9. The third-order valence-electron chi connectivity index (χ3n) is 4.33. The number of pyridine rings is 1. The van der Waals surface area contributed by atoms with Crippen LogP contribution in [-0.2, 0) is 4.74 Å². The van der Waals surface area contributed by atoms with Crippen LogP contribution in [0, 0.1) is 0 Å². The monoisotopic (exact) mass is 388 g/mol. The van der Waals surface area contributed by atoms with E-state index in [-0.39, 0.29) is 6.09 Å². The number of nitrogen functional groups attached to an aromatic ring is 1. The molecule has 1 amide bonds. The molecule has 2 aromatic rings. The molecule has 27 heavy (non-hydrogen) atoms. The molecule has 1 fully saturated rings. The Morgan fingerprint density at radius 2 is 1.85 bits per heavy atom. The Morgan fingerprint density at radius 3 is 2.48 bits per heavy atom. The summed E-state index contributed by atoms with van der Waals surface area (Å²) in [6.45, 7) is 8.11. The van der Waals surface area contributed by atoms with Gasteiger partial charge in [0.15, 0.2) is 0 Å². The fourth-order valence-electron chi connectivity index (χ4n) is 3.00. The highest BCUT2D eigenvalue weighted by atomic mass is 35.5. The van der Waals surface area contributed by atoms with Gasteiger partial charge >= 0.3 is 6.09 Å². The molecular formula is C20H25ClN4O2. The van der Waals surface area contributed by atoms with Crippen LogP contribution in [0.1, 0.15) is 20.8 Å². The Bertz CT molecular complexity index is 827. The molecule has 1 aliphatic heterocycles. The third-order valence-corrected chi connectivity index (χ3v) is 4.56. The third kappa shape index (κ3) is 4.83. The lowest BCUT2D eigenvalue weighted by molar-refractivity contribution is 0.0240. The molecule has 0 unspecified atom stereocenters. The number of anilines is 2. The second-order valence-electron chi connectivity index (χ2n) is 7.59. The van der Waals surface area contributed by atoms with Gasteiger partial charge in [0.05, 0.1) is 5.69 Å². The van der Waals surface area contributed by atoms with Crippen LogP contribution in [0.25, 0.3) is 11.1 Å². The van der Waals surface area contributed by atoms with Crippen molar-refractivity contribution in [3.63, 3.8) is 0 Å². The van der Waals surface area contributed by atoms with E-state index in [4.69, 9.17) is 22.1 Å². The number of aromatic nitrogens is 1. The van der Waals surface area contributed by atoms with E-state index in [2.05, 4.69) is 9.88 Å². The Balaban J connectivity index is 1.73. The number of ether oxygens (including phenoxy) is 1. The molecule has 7 heteroatoms. The highest BCUT2D eigenvalue weighted by Gasteiger charge is 2.26. The molecule has 1 aliphatic rings. The number of nitrogens with zero attached hydrogens (tertiary/aromatic N) is 3. The first kappa shape index (κ1) is 19.3. The predicted octanol–water partition coefficient (Wildman–Crippen LogP) is 4.04. The number of halogens is 1. The summed E-state index contributed by atoms with van der Waals surface area (Å²) in [4.78, 5) is 20.5. The Morgan fingerprint density at radius 1 is 1.15 bits per heavy atom. The average Bonchev–Trinajstić information content (AvgIpc) is 2.61. The van der Waals surface area contributed by atoms with Gasteiger partial charge in [-0.15, -0.1) is 0 Å². The van der Waals surface area contributed by atoms with Crippen LogP contribution < -0.4 is 10.6 Å². The minimum absolute atomic E-state index is 0.277. The maximum atomic E-state index is 12.2. The smallest absolute Gasteiger partial charge is 0.410 e. The molecule has 144 valence electrons. The molecule has 0 spiro atoms. The predicted molar refractivity (Wildman–Crippen MR) is 109 cm³/mol. The number of carbonyl (C=O) groups is 1. The maximum Gasteiger partial charge on any atom is 0.410 e. The topological polar surface area (TPSA) is 71.7 Å². The van der Waals surface area contributed by atoms with Crippen molar-refractivity contribution in [3.05, 3.63) is 41.6 Å². The summed E-state index contributed by atoms with van der Waals surface area (Å²) in [5.74, 6) is 0.478. The Hall–Kier alpha value is -2.47. The van der Waals surface area contributed by atoms with Crippen molar-refractivity contribution in [1.29, 1.82) is 0 Å². The van der Waals surface area contributed by atoms with E-state index in [9.17, 15) is 4.79 Å². The quantitative estimate of drug-likeness (QED) is 0.840. The first-order chi connectivity index (χ1) is 12.7.